The fourth-order valence-electron chi connectivity index (χ4n) is 4.39. The third-order valence-electron chi connectivity index (χ3n) is 6.76. The number of unbranched alkanes of at least 4 members (excludes halogenated alkanes) is 8. The molecule has 1 saturated heterocycles. The highest BCUT2D eigenvalue weighted by Crippen LogP contribution is 2.29. The highest BCUT2D eigenvalue weighted by Gasteiger charge is 2.52. The molecule has 10 nitrogen and oxygen atoms in total. The van der Waals surface area contributed by atoms with E-state index in [1.165, 1.54) is 0 Å². The lowest BCUT2D eigenvalue weighted by Crippen LogP contribution is -2.62. The van der Waals surface area contributed by atoms with E-state index in [9.17, 15) is 24.3 Å². The number of rotatable bonds is 21. The Kier molecular flexibility index (Phi) is 19.3. The number of esters is 4. The van der Waals surface area contributed by atoms with Crippen molar-refractivity contribution in [1.82, 2.24) is 0 Å². The van der Waals surface area contributed by atoms with E-state index in [2.05, 4.69) is 0 Å². The number of ether oxygens (including phenoxy) is 5. The third kappa shape index (κ3) is 14.4. The molecule has 0 saturated carbocycles. The summed E-state index contributed by atoms with van der Waals surface area (Å²) in [6.45, 7) is 7.74. The van der Waals surface area contributed by atoms with Crippen LogP contribution in [0.15, 0.2) is 0 Å². The summed E-state index contributed by atoms with van der Waals surface area (Å²) in [5.74, 6) is -2.14. The molecule has 0 amide bonds. The quantitative estimate of drug-likeness (QED) is 0.110. The van der Waals surface area contributed by atoms with Crippen molar-refractivity contribution < 1.29 is 48.0 Å². The van der Waals surface area contributed by atoms with Gasteiger partial charge in [0.05, 0.1) is 0 Å². The number of hydrogen-bond acceptors (Lipinski definition) is 10. The van der Waals surface area contributed by atoms with Crippen molar-refractivity contribution in [3.8, 4) is 0 Å². The van der Waals surface area contributed by atoms with E-state index in [-0.39, 0.29) is 32.3 Å². The third-order valence-corrected chi connectivity index (χ3v) is 6.76. The second-order valence-electron chi connectivity index (χ2n) is 10.4. The average Bonchev–Trinajstić information content (AvgIpc) is 2.91. The van der Waals surface area contributed by atoms with Crippen molar-refractivity contribution in [1.29, 1.82) is 0 Å². The Morgan fingerprint density at radius 1 is 0.550 bits per heavy atom. The maximum Gasteiger partial charge on any atom is 0.306 e. The molecule has 1 aliphatic heterocycles. The molecule has 0 bridgehead atoms. The van der Waals surface area contributed by atoms with Crippen LogP contribution in [0.5, 0.6) is 0 Å². The summed E-state index contributed by atoms with van der Waals surface area (Å²) in [5, 5.41) is 10.8. The zero-order valence-corrected chi connectivity index (χ0v) is 25.0. The lowest BCUT2D eigenvalue weighted by molar-refractivity contribution is -0.297. The van der Waals surface area contributed by atoms with Gasteiger partial charge in [-0.05, 0) is 25.7 Å². The van der Waals surface area contributed by atoms with Gasteiger partial charge < -0.3 is 28.8 Å². The van der Waals surface area contributed by atoms with Crippen molar-refractivity contribution >= 4 is 23.9 Å². The molecule has 0 unspecified atom stereocenters. The molecule has 1 heterocycles. The molecule has 5 atom stereocenters. The Morgan fingerprint density at radius 3 is 1.35 bits per heavy atom. The molecule has 40 heavy (non-hydrogen) atoms. The van der Waals surface area contributed by atoms with Gasteiger partial charge in [-0.3, -0.25) is 19.2 Å². The number of carbonyl (C=O) groups excluding carboxylic acids is 4. The number of aliphatic hydroxyl groups is 1. The molecule has 1 N–H and O–H groups in total. The SMILES string of the molecule is CCCCCC(=O)OC[C@@H]1O[C@H](O)[C@@H](OC(=O)CCCCC)[C@H](OC(=O)CCCCC)[C@H]1OC(=O)CCCCC. The predicted molar refractivity (Wildman–Crippen MR) is 148 cm³/mol. The van der Waals surface area contributed by atoms with Crippen molar-refractivity contribution in [3.63, 3.8) is 0 Å². The van der Waals surface area contributed by atoms with Crippen LogP contribution in [-0.4, -0.2) is 66.3 Å². The van der Waals surface area contributed by atoms with E-state index < -0.39 is 54.6 Å². The summed E-state index contributed by atoms with van der Waals surface area (Å²) in [6.07, 6.45) is 3.36. The lowest BCUT2D eigenvalue weighted by Gasteiger charge is -2.43. The van der Waals surface area contributed by atoms with Crippen LogP contribution in [0, 0.1) is 0 Å². The minimum Gasteiger partial charge on any atom is -0.463 e. The molecule has 0 aliphatic carbocycles. The van der Waals surface area contributed by atoms with Crippen LogP contribution >= 0.6 is 0 Å². The van der Waals surface area contributed by atoms with Gasteiger partial charge >= 0.3 is 23.9 Å². The highest BCUT2D eigenvalue weighted by molar-refractivity contribution is 5.72. The highest BCUT2D eigenvalue weighted by atomic mass is 16.7. The van der Waals surface area contributed by atoms with E-state index in [0.717, 1.165) is 51.4 Å². The van der Waals surface area contributed by atoms with Gasteiger partial charge in [0.15, 0.2) is 24.6 Å². The molecule has 0 aromatic heterocycles. The van der Waals surface area contributed by atoms with Gasteiger partial charge in [0.1, 0.15) is 12.7 Å². The zero-order chi connectivity index (χ0) is 29.8. The summed E-state index contributed by atoms with van der Waals surface area (Å²) >= 11 is 0. The molecule has 10 heteroatoms. The smallest absolute Gasteiger partial charge is 0.306 e. The zero-order valence-electron chi connectivity index (χ0n) is 25.0. The first kappa shape index (κ1) is 35.8. The first-order valence-corrected chi connectivity index (χ1v) is 15.3. The monoisotopic (exact) mass is 572 g/mol. The standard InChI is InChI=1S/C30H52O10/c1-5-9-13-17-23(31)36-21-22-27(38-24(32)18-14-10-6-2)28(39-25(33)19-15-11-7-3)29(30(35)37-22)40-26(34)20-16-12-8-4/h22,27-30,35H,5-21H2,1-4H3/t22-,27-,28+,29-,30-/m0/s1. The average molecular weight is 573 g/mol. The van der Waals surface area contributed by atoms with Gasteiger partial charge in [0.25, 0.3) is 0 Å². The number of hydrogen-bond donors (Lipinski definition) is 1. The van der Waals surface area contributed by atoms with Crippen molar-refractivity contribution in [2.45, 2.75) is 161 Å². The Labute approximate surface area is 239 Å². The van der Waals surface area contributed by atoms with Crippen LogP contribution < -0.4 is 0 Å². The van der Waals surface area contributed by atoms with Gasteiger partial charge in [0.2, 0.25) is 0 Å². The second kappa shape index (κ2) is 21.5. The Balaban J connectivity index is 3.17. The van der Waals surface area contributed by atoms with E-state index in [4.69, 9.17) is 23.7 Å². The van der Waals surface area contributed by atoms with Crippen LogP contribution in [0.3, 0.4) is 0 Å². The van der Waals surface area contributed by atoms with Crippen LogP contribution in [0.2, 0.25) is 0 Å². The Bertz CT molecular complexity index is 740. The predicted octanol–water partition coefficient (Wildman–Crippen LogP) is 5.30. The molecule has 1 fully saturated rings. The second-order valence-corrected chi connectivity index (χ2v) is 10.4. The Morgan fingerprint density at radius 2 is 0.925 bits per heavy atom. The first-order chi connectivity index (χ1) is 19.3. The molecular weight excluding hydrogens is 520 g/mol. The van der Waals surface area contributed by atoms with Crippen LogP contribution in [0.25, 0.3) is 0 Å². The van der Waals surface area contributed by atoms with Gasteiger partial charge in [-0.1, -0.05) is 79.1 Å². The van der Waals surface area contributed by atoms with Crippen LogP contribution in [0.4, 0.5) is 0 Å². The molecule has 0 aromatic rings. The van der Waals surface area contributed by atoms with Gasteiger partial charge in [-0.25, -0.2) is 0 Å². The fraction of sp³-hybridized carbons (Fsp3) is 0.867. The molecule has 232 valence electrons. The molecule has 1 rings (SSSR count). The van der Waals surface area contributed by atoms with Gasteiger partial charge in [-0.2, -0.15) is 0 Å². The minimum atomic E-state index is -1.68. The first-order valence-electron chi connectivity index (χ1n) is 15.3. The van der Waals surface area contributed by atoms with Gasteiger partial charge in [-0.15, -0.1) is 0 Å². The van der Waals surface area contributed by atoms with E-state index in [1.54, 1.807) is 0 Å². The maximum absolute atomic E-state index is 12.8. The molecule has 0 radical (unpaired) electrons. The molecule has 1 aliphatic rings. The largest absolute Gasteiger partial charge is 0.463 e. The summed E-state index contributed by atoms with van der Waals surface area (Å²) in [4.78, 5) is 50.4. The van der Waals surface area contributed by atoms with Crippen molar-refractivity contribution in [3.05, 3.63) is 0 Å². The van der Waals surface area contributed by atoms with E-state index >= 15 is 0 Å². The lowest BCUT2D eigenvalue weighted by atomic mass is 9.98. The maximum atomic E-state index is 12.8. The van der Waals surface area contributed by atoms with E-state index in [0.29, 0.717) is 25.7 Å². The summed E-state index contributed by atoms with van der Waals surface area (Å²) in [7, 11) is 0. The number of carbonyl (C=O) groups is 4. The minimum absolute atomic E-state index is 0.118. The van der Waals surface area contributed by atoms with E-state index in [1.807, 2.05) is 27.7 Å². The van der Waals surface area contributed by atoms with Crippen LogP contribution in [-0.2, 0) is 42.9 Å². The topological polar surface area (TPSA) is 135 Å². The number of aliphatic hydroxyl groups excluding tert-OH is 1. The Hall–Kier alpha value is -2.20. The van der Waals surface area contributed by atoms with Crippen molar-refractivity contribution in [2.24, 2.45) is 0 Å². The summed E-state index contributed by atoms with van der Waals surface area (Å²) < 4.78 is 28.1. The van der Waals surface area contributed by atoms with Crippen LogP contribution in [0.1, 0.15) is 130 Å². The molecular formula is C30H52O10. The summed E-state index contributed by atoms with van der Waals surface area (Å²) in [6, 6.07) is 0. The summed E-state index contributed by atoms with van der Waals surface area (Å²) in [5.41, 5.74) is 0. The molecule has 0 spiro atoms. The molecule has 0 aromatic carbocycles. The van der Waals surface area contributed by atoms with Crippen molar-refractivity contribution in [2.75, 3.05) is 6.61 Å². The van der Waals surface area contributed by atoms with Gasteiger partial charge in [0, 0.05) is 25.7 Å². The normalized spacial score (nSPS) is 22.4. The fourth-order valence-corrected chi connectivity index (χ4v) is 4.39.